The summed E-state index contributed by atoms with van der Waals surface area (Å²) in [4.78, 5) is 12.5. The topological polar surface area (TPSA) is 78.0 Å². The highest BCUT2D eigenvalue weighted by Gasteiger charge is 2.14. The molecule has 2 N–H and O–H groups in total. The van der Waals surface area contributed by atoms with Gasteiger partial charge in [-0.25, -0.2) is 0 Å². The van der Waals surface area contributed by atoms with E-state index in [0.717, 1.165) is 29.1 Å². The Kier molecular flexibility index (Phi) is 5.85. The maximum atomic E-state index is 12.5. The second kappa shape index (κ2) is 8.49. The van der Waals surface area contributed by atoms with Crippen LogP contribution in [0.3, 0.4) is 0 Å². The van der Waals surface area contributed by atoms with Gasteiger partial charge in [-0.3, -0.25) is 4.79 Å². The van der Waals surface area contributed by atoms with Crippen LogP contribution in [0.2, 0.25) is 0 Å². The van der Waals surface area contributed by atoms with E-state index in [1.807, 2.05) is 26.0 Å². The predicted octanol–water partition coefficient (Wildman–Crippen LogP) is 4.91. The van der Waals surface area contributed by atoms with E-state index in [1.165, 1.54) is 17.7 Å². The number of rotatable bonds is 5. The van der Waals surface area contributed by atoms with E-state index in [0.29, 0.717) is 5.69 Å². The van der Waals surface area contributed by atoms with E-state index in [-0.39, 0.29) is 11.3 Å². The van der Waals surface area contributed by atoms with E-state index in [9.17, 15) is 15.2 Å². The molecule has 0 bridgehead atoms. The van der Waals surface area contributed by atoms with Gasteiger partial charge in [0, 0.05) is 22.8 Å². The number of nitrogens with one attached hydrogen (secondary N) is 1. The lowest BCUT2D eigenvalue weighted by atomic mass is 10.1. The Morgan fingerprint density at radius 3 is 2.38 bits per heavy atom. The average molecular weight is 385 g/mol. The molecule has 1 heterocycles. The Bertz CT molecular complexity index is 1100. The van der Waals surface area contributed by atoms with Gasteiger partial charge in [0.05, 0.1) is 0 Å². The number of aryl methyl sites for hydroxylation is 2. The highest BCUT2D eigenvalue weighted by molar-refractivity contribution is 6.09. The zero-order chi connectivity index (χ0) is 21.0. The largest absolute Gasteiger partial charge is 0.508 e. The van der Waals surface area contributed by atoms with Gasteiger partial charge in [-0.05, 0) is 79.9 Å². The lowest BCUT2D eigenvalue weighted by Gasteiger charge is -2.10. The minimum atomic E-state index is -0.490. The maximum Gasteiger partial charge on any atom is 0.266 e. The van der Waals surface area contributed by atoms with E-state index >= 15 is 0 Å². The van der Waals surface area contributed by atoms with Crippen LogP contribution in [0.5, 0.6) is 5.75 Å². The zero-order valence-electron chi connectivity index (χ0n) is 16.7. The van der Waals surface area contributed by atoms with Crippen LogP contribution in [0.4, 0.5) is 5.69 Å². The van der Waals surface area contributed by atoms with Gasteiger partial charge in [0.25, 0.3) is 5.91 Å². The highest BCUT2D eigenvalue weighted by atomic mass is 16.3. The van der Waals surface area contributed by atoms with Crippen molar-refractivity contribution in [3.63, 3.8) is 0 Å². The molecule has 5 nitrogen and oxygen atoms in total. The van der Waals surface area contributed by atoms with Gasteiger partial charge in [-0.1, -0.05) is 19.1 Å². The zero-order valence-corrected chi connectivity index (χ0v) is 16.7. The Morgan fingerprint density at radius 1 is 1.14 bits per heavy atom. The van der Waals surface area contributed by atoms with Crippen LogP contribution < -0.4 is 5.32 Å². The number of amides is 1. The third-order valence-corrected chi connectivity index (χ3v) is 4.86. The number of nitriles is 1. The van der Waals surface area contributed by atoms with Crippen molar-refractivity contribution in [1.29, 1.82) is 5.26 Å². The Morgan fingerprint density at radius 2 is 1.79 bits per heavy atom. The number of phenolic OH excluding ortho intramolecular Hbond substituents is 1. The fourth-order valence-corrected chi connectivity index (χ4v) is 3.26. The summed E-state index contributed by atoms with van der Waals surface area (Å²) in [6.45, 7) is 6.09. The lowest BCUT2D eigenvalue weighted by molar-refractivity contribution is -0.112. The molecule has 0 fully saturated rings. The number of hydrogen-bond donors (Lipinski definition) is 2. The van der Waals surface area contributed by atoms with Gasteiger partial charge >= 0.3 is 0 Å². The minimum absolute atomic E-state index is 0.0136. The number of anilines is 1. The molecular weight excluding hydrogens is 362 g/mol. The van der Waals surface area contributed by atoms with Gasteiger partial charge < -0.3 is 15.0 Å². The van der Waals surface area contributed by atoms with Crippen LogP contribution in [0.15, 0.2) is 60.2 Å². The summed E-state index contributed by atoms with van der Waals surface area (Å²) in [5.74, 6) is -0.381. The molecule has 3 aromatic rings. The van der Waals surface area contributed by atoms with E-state index in [1.54, 1.807) is 18.2 Å². The SMILES string of the molecule is CCc1ccc(-n2c(C)cc(/C=C(/C#N)C(=O)Nc3ccc(O)cc3)c2C)cc1. The molecule has 0 aliphatic heterocycles. The number of hydrogen-bond acceptors (Lipinski definition) is 3. The van der Waals surface area contributed by atoms with E-state index < -0.39 is 5.91 Å². The first-order valence-corrected chi connectivity index (χ1v) is 9.43. The van der Waals surface area contributed by atoms with Crippen molar-refractivity contribution < 1.29 is 9.90 Å². The monoisotopic (exact) mass is 385 g/mol. The molecule has 0 spiro atoms. The standard InChI is InChI=1S/C24H23N3O2/c1-4-18-5-9-22(10-6-18)27-16(2)13-19(17(27)3)14-20(15-25)24(29)26-21-7-11-23(28)12-8-21/h5-14,28H,4H2,1-3H3,(H,26,29)/b20-14-. The van der Waals surface area contributed by atoms with Crippen LogP contribution >= 0.6 is 0 Å². The maximum absolute atomic E-state index is 12.5. The van der Waals surface area contributed by atoms with E-state index in [4.69, 9.17) is 0 Å². The van der Waals surface area contributed by atoms with Gasteiger partial charge in [0.15, 0.2) is 0 Å². The van der Waals surface area contributed by atoms with E-state index in [2.05, 4.69) is 41.1 Å². The summed E-state index contributed by atoms with van der Waals surface area (Å²) in [6, 6.07) is 18.4. The number of aromatic hydroxyl groups is 1. The third-order valence-electron chi connectivity index (χ3n) is 4.86. The van der Waals surface area contributed by atoms with Crippen molar-refractivity contribution in [2.45, 2.75) is 27.2 Å². The molecule has 5 heteroatoms. The molecule has 0 radical (unpaired) electrons. The number of carbonyl (C=O) groups is 1. The van der Waals surface area contributed by atoms with Crippen molar-refractivity contribution in [1.82, 2.24) is 4.57 Å². The summed E-state index contributed by atoms with van der Waals surface area (Å²) in [5, 5.41) is 21.5. The minimum Gasteiger partial charge on any atom is -0.508 e. The van der Waals surface area contributed by atoms with Gasteiger partial charge in [-0.2, -0.15) is 5.26 Å². The summed E-state index contributed by atoms with van der Waals surface area (Å²) >= 11 is 0. The number of benzene rings is 2. The van der Waals surface area contributed by atoms with Crippen molar-refractivity contribution in [2.75, 3.05) is 5.32 Å². The van der Waals surface area contributed by atoms with Crippen molar-refractivity contribution in [2.24, 2.45) is 0 Å². The van der Waals surface area contributed by atoms with Gasteiger partial charge in [-0.15, -0.1) is 0 Å². The third kappa shape index (κ3) is 4.39. The van der Waals surface area contributed by atoms with Crippen LogP contribution in [-0.2, 0) is 11.2 Å². The molecule has 29 heavy (non-hydrogen) atoms. The summed E-state index contributed by atoms with van der Waals surface area (Å²) in [6.07, 6.45) is 2.59. The molecule has 0 atom stereocenters. The molecule has 0 aliphatic carbocycles. The van der Waals surface area contributed by atoms with Crippen molar-refractivity contribution in [3.8, 4) is 17.5 Å². The Balaban J connectivity index is 1.90. The summed E-state index contributed by atoms with van der Waals surface area (Å²) in [5.41, 5.74) is 5.64. The van der Waals surface area contributed by atoms with Crippen LogP contribution in [0.25, 0.3) is 11.8 Å². The first-order valence-electron chi connectivity index (χ1n) is 9.43. The second-order valence-corrected chi connectivity index (χ2v) is 6.85. The molecule has 2 aromatic carbocycles. The first kappa shape index (κ1) is 20.0. The lowest BCUT2D eigenvalue weighted by Crippen LogP contribution is -2.13. The Hall–Kier alpha value is -3.78. The smallest absolute Gasteiger partial charge is 0.266 e. The molecule has 0 saturated carbocycles. The second-order valence-electron chi connectivity index (χ2n) is 6.85. The number of aromatic nitrogens is 1. The first-order chi connectivity index (χ1) is 13.9. The summed E-state index contributed by atoms with van der Waals surface area (Å²) in [7, 11) is 0. The van der Waals surface area contributed by atoms with Crippen LogP contribution in [0, 0.1) is 25.2 Å². The molecule has 0 aliphatic rings. The molecule has 146 valence electrons. The number of phenols is 1. The molecule has 3 rings (SSSR count). The predicted molar refractivity (Wildman–Crippen MR) is 115 cm³/mol. The van der Waals surface area contributed by atoms with Crippen molar-refractivity contribution in [3.05, 3.63) is 82.7 Å². The number of nitrogens with zero attached hydrogens (tertiary/aromatic N) is 2. The van der Waals surface area contributed by atoms with Gasteiger partial charge in [0.1, 0.15) is 17.4 Å². The molecule has 1 amide bonds. The van der Waals surface area contributed by atoms with Crippen LogP contribution in [0.1, 0.15) is 29.4 Å². The number of carbonyl (C=O) groups excluding carboxylic acids is 1. The van der Waals surface area contributed by atoms with Crippen LogP contribution in [-0.4, -0.2) is 15.6 Å². The average Bonchev–Trinajstić information content (AvgIpc) is 3.00. The molecule has 0 saturated heterocycles. The molecule has 0 unspecified atom stereocenters. The Labute approximate surface area is 170 Å². The highest BCUT2D eigenvalue weighted by Crippen LogP contribution is 2.24. The van der Waals surface area contributed by atoms with Gasteiger partial charge in [0.2, 0.25) is 0 Å². The van der Waals surface area contributed by atoms with Crippen molar-refractivity contribution >= 4 is 17.7 Å². The quantitative estimate of drug-likeness (QED) is 0.372. The molecular formula is C24H23N3O2. The fraction of sp³-hybridized carbons (Fsp3) is 0.167. The molecule has 1 aromatic heterocycles. The summed E-state index contributed by atoms with van der Waals surface area (Å²) < 4.78 is 2.11. The normalized spacial score (nSPS) is 11.2. The fourth-order valence-electron chi connectivity index (χ4n) is 3.26.